The van der Waals surface area contributed by atoms with E-state index in [2.05, 4.69) is 9.97 Å². The number of hydrogen-bond donors (Lipinski definition) is 0. The number of benzene rings is 2. The zero-order valence-electron chi connectivity index (χ0n) is 14.7. The van der Waals surface area contributed by atoms with Crippen LogP contribution in [-0.2, 0) is 11.3 Å². The molecule has 6 nitrogen and oxygen atoms in total. The zero-order chi connectivity index (χ0) is 19.3. The summed E-state index contributed by atoms with van der Waals surface area (Å²) >= 11 is 3.13. The van der Waals surface area contributed by atoms with Crippen LogP contribution in [0, 0.1) is 6.92 Å². The molecule has 0 saturated heterocycles. The number of esters is 1. The van der Waals surface area contributed by atoms with Gasteiger partial charge in [0.05, 0.1) is 37.2 Å². The molecule has 138 valence electrons. The summed E-state index contributed by atoms with van der Waals surface area (Å²) in [4.78, 5) is 33.9. The Bertz CT molecular complexity index is 1430. The minimum absolute atomic E-state index is 0.206. The maximum absolute atomic E-state index is 12.6. The van der Waals surface area contributed by atoms with Crippen LogP contribution in [0.5, 0.6) is 5.75 Å². The van der Waals surface area contributed by atoms with Crippen molar-refractivity contribution in [2.45, 2.75) is 13.5 Å². The first-order chi connectivity index (χ1) is 13.6. The maximum atomic E-state index is 12.6. The minimum Gasteiger partial charge on any atom is -0.424 e. The molecule has 0 amide bonds. The standard InChI is InChI=1S/C20H13N3O3S2/c1-11-22-18-16(28-11)8-15(13-6-7-27-19(13)18)26-17(24)9-23-10-21-14-5-3-2-4-12(14)20(23)25/h2-8,10H,9H2,1H3. The number of rotatable bonds is 3. The van der Waals surface area contributed by atoms with E-state index >= 15 is 0 Å². The smallest absolute Gasteiger partial charge is 0.331 e. The first-order valence-electron chi connectivity index (χ1n) is 8.52. The molecule has 2 aromatic carbocycles. The topological polar surface area (TPSA) is 74.1 Å². The van der Waals surface area contributed by atoms with Crippen molar-refractivity contribution < 1.29 is 9.53 Å². The fourth-order valence-electron chi connectivity index (χ4n) is 3.18. The third kappa shape index (κ3) is 2.78. The maximum Gasteiger partial charge on any atom is 0.331 e. The molecule has 0 saturated carbocycles. The lowest BCUT2D eigenvalue weighted by molar-refractivity contribution is -0.135. The van der Waals surface area contributed by atoms with Gasteiger partial charge in [0.25, 0.3) is 5.56 Å². The number of aromatic nitrogens is 3. The van der Waals surface area contributed by atoms with Gasteiger partial charge in [0, 0.05) is 11.5 Å². The molecule has 0 aliphatic heterocycles. The van der Waals surface area contributed by atoms with Crippen molar-refractivity contribution in [2.75, 3.05) is 0 Å². The summed E-state index contributed by atoms with van der Waals surface area (Å²) in [6.07, 6.45) is 1.38. The largest absolute Gasteiger partial charge is 0.424 e. The van der Waals surface area contributed by atoms with Crippen molar-refractivity contribution in [3.8, 4) is 5.75 Å². The number of carbonyl (C=O) groups is 1. The van der Waals surface area contributed by atoms with E-state index in [0.717, 1.165) is 25.3 Å². The molecule has 0 aliphatic carbocycles. The monoisotopic (exact) mass is 407 g/mol. The average Bonchev–Trinajstić information content (AvgIpc) is 3.30. The van der Waals surface area contributed by atoms with Gasteiger partial charge in [-0.05, 0) is 30.5 Å². The van der Waals surface area contributed by atoms with Gasteiger partial charge in [-0.15, -0.1) is 22.7 Å². The molecule has 0 unspecified atom stereocenters. The highest BCUT2D eigenvalue weighted by Crippen LogP contribution is 2.38. The van der Waals surface area contributed by atoms with Crippen LogP contribution in [0.15, 0.2) is 52.9 Å². The Hall–Kier alpha value is -3.10. The first-order valence-corrected chi connectivity index (χ1v) is 10.2. The Morgan fingerprint density at radius 3 is 2.96 bits per heavy atom. The van der Waals surface area contributed by atoms with Gasteiger partial charge < -0.3 is 4.74 Å². The quantitative estimate of drug-likeness (QED) is 0.332. The summed E-state index contributed by atoms with van der Waals surface area (Å²) in [7, 11) is 0. The fraction of sp³-hybridized carbons (Fsp3) is 0.100. The van der Waals surface area contributed by atoms with Gasteiger partial charge in [-0.2, -0.15) is 0 Å². The van der Waals surface area contributed by atoms with Crippen molar-refractivity contribution in [2.24, 2.45) is 0 Å². The van der Waals surface area contributed by atoms with E-state index in [9.17, 15) is 9.59 Å². The number of thiophene rings is 1. The molecule has 0 fully saturated rings. The van der Waals surface area contributed by atoms with E-state index in [4.69, 9.17) is 4.74 Å². The van der Waals surface area contributed by atoms with E-state index in [1.807, 2.05) is 30.5 Å². The number of thiazole rings is 1. The molecule has 3 heterocycles. The van der Waals surface area contributed by atoms with Gasteiger partial charge in [-0.25, -0.2) is 14.8 Å². The highest BCUT2D eigenvalue weighted by atomic mass is 32.1. The minimum atomic E-state index is -0.521. The lowest BCUT2D eigenvalue weighted by atomic mass is 10.2. The van der Waals surface area contributed by atoms with Crippen LogP contribution in [0.2, 0.25) is 0 Å². The number of nitrogens with zero attached hydrogens (tertiary/aromatic N) is 3. The lowest BCUT2D eigenvalue weighted by Crippen LogP contribution is -2.26. The predicted molar refractivity (Wildman–Crippen MR) is 111 cm³/mol. The molecule has 3 aromatic heterocycles. The number of para-hydroxylation sites is 1. The molecule has 0 bridgehead atoms. The van der Waals surface area contributed by atoms with Gasteiger partial charge in [0.1, 0.15) is 12.3 Å². The summed E-state index contributed by atoms with van der Waals surface area (Å²) in [5.74, 6) is -0.0357. The van der Waals surface area contributed by atoms with Crippen molar-refractivity contribution in [1.82, 2.24) is 14.5 Å². The second kappa shape index (κ2) is 6.50. The van der Waals surface area contributed by atoms with E-state index in [1.54, 1.807) is 40.9 Å². The molecule has 0 N–H and O–H groups in total. The molecule has 5 aromatic rings. The molecule has 28 heavy (non-hydrogen) atoms. The first kappa shape index (κ1) is 17.0. The van der Waals surface area contributed by atoms with Crippen LogP contribution in [0.25, 0.3) is 31.2 Å². The second-order valence-corrected chi connectivity index (χ2v) is 8.44. The Kier molecular flexibility index (Phi) is 3.96. The molecular formula is C20H13N3O3S2. The van der Waals surface area contributed by atoms with Gasteiger partial charge in [-0.1, -0.05) is 12.1 Å². The Balaban J connectivity index is 1.49. The van der Waals surface area contributed by atoms with Crippen molar-refractivity contribution in [3.05, 3.63) is 63.5 Å². The van der Waals surface area contributed by atoms with E-state index < -0.39 is 5.97 Å². The summed E-state index contributed by atoms with van der Waals surface area (Å²) in [5.41, 5.74) is 1.27. The van der Waals surface area contributed by atoms with Crippen LogP contribution < -0.4 is 10.3 Å². The number of ether oxygens (including phenoxy) is 1. The van der Waals surface area contributed by atoms with Gasteiger partial charge in [0.15, 0.2) is 0 Å². The summed E-state index contributed by atoms with van der Waals surface area (Å²) in [6, 6.07) is 10.8. The third-order valence-corrected chi connectivity index (χ3v) is 6.26. The highest BCUT2D eigenvalue weighted by Gasteiger charge is 2.16. The van der Waals surface area contributed by atoms with Gasteiger partial charge in [-0.3, -0.25) is 9.36 Å². The average molecular weight is 407 g/mol. The molecular weight excluding hydrogens is 394 g/mol. The molecule has 0 radical (unpaired) electrons. The lowest BCUT2D eigenvalue weighted by Gasteiger charge is -2.08. The zero-order valence-corrected chi connectivity index (χ0v) is 16.3. The van der Waals surface area contributed by atoms with Crippen LogP contribution in [0.1, 0.15) is 5.01 Å². The SMILES string of the molecule is Cc1nc2c(cc(OC(=O)Cn3cnc4ccccc4c3=O)c3ccsc32)s1. The highest BCUT2D eigenvalue weighted by molar-refractivity contribution is 7.21. The van der Waals surface area contributed by atoms with E-state index in [-0.39, 0.29) is 12.1 Å². The third-order valence-electron chi connectivity index (χ3n) is 4.42. The summed E-state index contributed by atoms with van der Waals surface area (Å²) in [5, 5.41) is 4.23. The summed E-state index contributed by atoms with van der Waals surface area (Å²) < 4.78 is 8.87. The van der Waals surface area contributed by atoms with Crippen LogP contribution in [0.3, 0.4) is 0 Å². The van der Waals surface area contributed by atoms with E-state index in [0.29, 0.717) is 16.7 Å². The molecule has 0 spiro atoms. The molecule has 5 rings (SSSR count). The van der Waals surface area contributed by atoms with Crippen LogP contribution >= 0.6 is 22.7 Å². The van der Waals surface area contributed by atoms with Crippen molar-refractivity contribution in [1.29, 1.82) is 0 Å². The van der Waals surface area contributed by atoms with Gasteiger partial charge >= 0.3 is 5.97 Å². The Morgan fingerprint density at radius 2 is 2.07 bits per heavy atom. The fourth-order valence-corrected chi connectivity index (χ4v) is 5.02. The van der Waals surface area contributed by atoms with Crippen molar-refractivity contribution >= 4 is 59.8 Å². The summed E-state index contributed by atoms with van der Waals surface area (Å²) in [6.45, 7) is 1.75. The molecule has 0 atom stereocenters. The molecule has 8 heteroatoms. The number of hydrogen-bond acceptors (Lipinski definition) is 7. The number of fused-ring (bicyclic) bond motifs is 4. The predicted octanol–water partition coefficient (Wildman–Crippen LogP) is 4.13. The normalized spacial score (nSPS) is 11.5. The van der Waals surface area contributed by atoms with Gasteiger partial charge in [0.2, 0.25) is 0 Å². The second-order valence-electron chi connectivity index (χ2n) is 6.29. The van der Waals surface area contributed by atoms with Crippen molar-refractivity contribution in [3.63, 3.8) is 0 Å². The Morgan fingerprint density at radius 1 is 1.21 bits per heavy atom. The van der Waals surface area contributed by atoms with E-state index in [1.165, 1.54) is 10.9 Å². The molecule has 0 aliphatic rings. The number of carbonyl (C=O) groups excluding carboxylic acids is 1. The van der Waals surface area contributed by atoms with Crippen LogP contribution in [0.4, 0.5) is 0 Å². The van der Waals surface area contributed by atoms with Crippen LogP contribution in [-0.4, -0.2) is 20.5 Å². The Labute approximate surface area is 166 Å². The number of aryl methyl sites for hydroxylation is 1.